The van der Waals surface area contributed by atoms with Crippen LogP contribution in [0.15, 0.2) is 28.7 Å². The van der Waals surface area contributed by atoms with Crippen molar-refractivity contribution in [3.05, 3.63) is 28.7 Å². The van der Waals surface area contributed by atoms with Crippen LogP contribution in [0.4, 0.5) is 18.9 Å². The Balaban J connectivity index is 2.18. The second kappa shape index (κ2) is 9.73. The van der Waals surface area contributed by atoms with Crippen molar-refractivity contribution in [1.29, 1.82) is 0 Å². The minimum absolute atomic E-state index is 0.190. The van der Waals surface area contributed by atoms with Gasteiger partial charge in [-0.1, -0.05) is 35.8 Å². The van der Waals surface area contributed by atoms with Gasteiger partial charge in [-0.05, 0) is 31.3 Å². The minimum Gasteiger partial charge on any atom is -0.333 e. The Morgan fingerprint density at radius 1 is 1.25 bits per heavy atom. The van der Waals surface area contributed by atoms with Gasteiger partial charge < -0.3 is 14.7 Å². The van der Waals surface area contributed by atoms with Crippen molar-refractivity contribution in [2.24, 2.45) is 5.92 Å². The highest BCUT2D eigenvalue weighted by Gasteiger charge is 2.41. The first-order valence-electron chi connectivity index (χ1n) is 9.28. The molecule has 0 bridgehead atoms. The maximum Gasteiger partial charge on any atom is 0.406 e. The van der Waals surface area contributed by atoms with Crippen LogP contribution < -0.4 is 4.90 Å². The number of anilines is 1. The van der Waals surface area contributed by atoms with E-state index in [4.69, 9.17) is 0 Å². The fraction of sp³-hybridized carbons (Fsp3) is 0.579. The van der Waals surface area contributed by atoms with Gasteiger partial charge in [0.15, 0.2) is 0 Å². The van der Waals surface area contributed by atoms with Gasteiger partial charge in [0.2, 0.25) is 11.8 Å². The van der Waals surface area contributed by atoms with Crippen LogP contribution in [0.3, 0.4) is 0 Å². The Morgan fingerprint density at radius 2 is 1.93 bits per heavy atom. The molecule has 2 amide bonds. The predicted octanol–water partition coefficient (Wildman–Crippen LogP) is 3.53. The van der Waals surface area contributed by atoms with Crippen LogP contribution in [0.5, 0.6) is 0 Å². The van der Waals surface area contributed by atoms with Gasteiger partial charge in [-0.3, -0.25) is 9.59 Å². The molecular formula is C19H25BrF3N3O2. The van der Waals surface area contributed by atoms with Crippen LogP contribution >= 0.6 is 15.9 Å². The maximum absolute atomic E-state index is 13.1. The van der Waals surface area contributed by atoms with Crippen molar-refractivity contribution in [2.45, 2.75) is 26.4 Å². The molecule has 0 aliphatic carbocycles. The molecule has 9 heteroatoms. The number of rotatable bonds is 8. The Labute approximate surface area is 171 Å². The molecular weight excluding hydrogens is 439 g/mol. The molecule has 1 aromatic rings. The summed E-state index contributed by atoms with van der Waals surface area (Å²) in [6.45, 7) is 5.24. The SMILES string of the molecule is CCN(CC)CCN(C(=O)C1CC(=O)N(CC(F)(F)F)C1)c1cccc(Br)c1. The van der Waals surface area contributed by atoms with E-state index in [9.17, 15) is 22.8 Å². The van der Waals surface area contributed by atoms with Gasteiger partial charge in [0.25, 0.3) is 0 Å². The zero-order valence-electron chi connectivity index (χ0n) is 16.0. The molecule has 1 aliphatic rings. The number of likely N-dealkylation sites (N-methyl/N-ethyl adjacent to an activating group) is 1. The summed E-state index contributed by atoms with van der Waals surface area (Å²) in [6.07, 6.45) is -4.66. The van der Waals surface area contributed by atoms with Crippen LogP contribution in [-0.2, 0) is 9.59 Å². The summed E-state index contributed by atoms with van der Waals surface area (Å²) in [4.78, 5) is 29.6. The molecule has 1 saturated heterocycles. The lowest BCUT2D eigenvalue weighted by atomic mass is 10.1. The highest BCUT2D eigenvalue weighted by molar-refractivity contribution is 9.10. The zero-order chi connectivity index (χ0) is 20.9. The van der Waals surface area contributed by atoms with Gasteiger partial charge in [-0.15, -0.1) is 0 Å². The number of carbonyl (C=O) groups excluding carboxylic acids is 2. The Morgan fingerprint density at radius 3 is 2.50 bits per heavy atom. The summed E-state index contributed by atoms with van der Waals surface area (Å²) in [5.74, 6) is -1.72. The monoisotopic (exact) mass is 463 g/mol. The third-order valence-corrected chi connectivity index (χ3v) is 5.35. The molecule has 0 spiro atoms. The van der Waals surface area contributed by atoms with Crippen molar-refractivity contribution in [3.63, 3.8) is 0 Å². The third-order valence-electron chi connectivity index (χ3n) is 4.85. The molecule has 156 valence electrons. The lowest BCUT2D eigenvalue weighted by Gasteiger charge is -2.29. The summed E-state index contributed by atoms with van der Waals surface area (Å²) >= 11 is 3.39. The molecule has 0 saturated carbocycles. The quantitative estimate of drug-likeness (QED) is 0.592. The third kappa shape index (κ3) is 6.20. The number of halogens is 4. The molecule has 1 aliphatic heterocycles. The highest BCUT2D eigenvalue weighted by atomic mass is 79.9. The van der Waals surface area contributed by atoms with E-state index in [2.05, 4.69) is 20.8 Å². The average molecular weight is 464 g/mol. The topological polar surface area (TPSA) is 43.9 Å². The normalized spacial score (nSPS) is 17.5. The van der Waals surface area contributed by atoms with Gasteiger partial charge >= 0.3 is 6.18 Å². The maximum atomic E-state index is 13.1. The average Bonchev–Trinajstić information content (AvgIpc) is 2.97. The van der Waals surface area contributed by atoms with Crippen molar-refractivity contribution in [1.82, 2.24) is 9.80 Å². The van der Waals surface area contributed by atoms with Gasteiger partial charge in [0.05, 0.1) is 5.92 Å². The molecule has 1 heterocycles. The molecule has 1 fully saturated rings. The van der Waals surface area contributed by atoms with Crippen LogP contribution in [0.1, 0.15) is 20.3 Å². The van der Waals surface area contributed by atoms with E-state index in [1.54, 1.807) is 23.1 Å². The summed E-state index contributed by atoms with van der Waals surface area (Å²) < 4.78 is 38.8. The molecule has 1 atom stereocenters. The fourth-order valence-corrected chi connectivity index (χ4v) is 3.71. The summed E-state index contributed by atoms with van der Waals surface area (Å²) in [5, 5.41) is 0. The number of hydrogen-bond acceptors (Lipinski definition) is 3. The van der Waals surface area contributed by atoms with Crippen LogP contribution in [0.2, 0.25) is 0 Å². The van der Waals surface area contributed by atoms with Gasteiger partial charge in [-0.2, -0.15) is 13.2 Å². The number of benzene rings is 1. The molecule has 0 N–H and O–H groups in total. The number of alkyl halides is 3. The lowest BCUT2D eigenvalue weighted by Crippen LogP contribution is -2.43. The van der Waals surface area contributed by atoms with E-state index in [-0.39, 0.29) is 18.9 Å². The predicted molar refractivity (Wildman–Crippen MR) is 105 cm³/mol. The first kappa shape index (κ1) is 22.7. The first-order valence-corrected chi connectivity index (χ1v) is 10.1. The van der Waals surface area contributed by atoms with Crippen LogP contribution in [0, 0.1) is 5.92 Å². The van der Waals surface area contributed by atoms with Gasteiger partial charge in [0, 0.05) is 36.2 Å². The minimum atomic E-state index is -4.47. The molecule has 5 nitrogen and oxygen atoms in total. The number of hydrogen-bond donors (Lipinski definition) is 0. The summed E-state index contributed by atoms with van der Waals surface area (Å²) in [7, 11) is 0. The molecule has 1 unspecified atom stereocenters. The van der Waals surface area contributed by atoms with E-state index in [0.29, 0.717) is 18.8 Å². The smallest absolute Gasteiger partial charge is 0.333 e. The summed E-state index contributed by atoms with van der Waals surface area (Å²) in [5.41, 5.74) is 0.660. The van der Waals surface area contributed by atoms with Crippen molar-refractivity contribution in [2.75, 3.05) is 44.2 Å². The van der Waals surface area contributed by atoms with Crippen LogP contribution in [-0.4, -0.2) is 67.1 Å². The van der Waals surface area contributed by atoms with Gasteiger partial charge in [0.1, 0.15) is 6.54 Å². The van der Waals surface area contributed by atoms with E-state index in [1.807, 2.05) is 19.9 Å². The van der Waals surface area contributed by atoms with E-state index < -0.39 is 24.5 Å². The second-order valence-electron chi connectivity index (χ2n) is 6.79. The van der Waals surface area contributed by atoms with Crippen LogP contribution in [0.25, 0.3) is 0 Å². The fourth-order valence-electron chi connectivity index (χ4n) is 3.32. The van der Waals surface area contributed by atoms with E-state index in [1.165, 1.54) is 0 Å². The Hall–Kier alpha value is -1.61. The Kier molecular flexibility index (Phi) is 7.88. The summed E-state index contributed by atoms with van der Waals surface area (Å²) in [6, 6.07) is 7.22. The number of likely N-dealkylation sites (tertiary alicyclic amines) is 1. The molecule has 0 aromatic heterocycles. The first-order chi connectivity index (χ1) is 13.1. The molecule has 2 rings (SSSR count). The number of carbonyl (C=O) groups is 2. The number of amides is 2. The standard InChI is InChI=1S/C19H25BrF3N3O2/c1-3-24(4-2)8-9-26(16-7-5-6-15(20)11-16)18(28)14-10-17(27)25(12-14)13-19(21,22)23/h5-7,11,14H,3-4,8-10,12-13H2,1-2H3. The van der Waals surface area contributed by atoms with E-state index >= 15 is 0 Å². The van der Waals surface area contributed by atoms with Crippen molar-refractivity contribution >= 4 is 33.4 Å². The van der Waals surface area contributed by atoms with Crippen molar-refractivity contribution < 1.29 is 22.8 Å². The molecule has 0 radical (unpaired) electrons. The molecule has 1 aromatic carbocycles. The Bertz CT molecular complexity index is 695. The zero-order valence-corrected chi connectivity index (χ0v) is 17.6. The second-order valence-corrected chi connectivity index (χ2v) is 7.70. The van der Waals surface area contributed by atoms with Gasteiger partial charge in [-0.25, -0.2) is 0 Å². The largest absolute Gasteiger partial charge is 0.406 e. The van der Waals surface area contributed by atoms with E-state index in [0.717, 1.165) is 22.5 Å². The van der Waals surface area contributed by atoms with Crippen molar-refractivity contribution in [3.8, 4) is 0 Å². The molecule has 28 heavy (non-hydrogen) atoms. The lowest BCUT2D eigenvalue weighted by molar-refractivity contribution is -0.157. The number of nitrogens with zero attached hydrogens (tertiary/aromatic N) is 3. The highest BCUT2D eigenvalue weighted by Crippen LogP contribution is 2.28.